The van der Waals surface area contributed by atoms with Crippen molar-refractivity contribution in [2.24, 2.45) is 0 Å². The number of rotatable bonds is 4. The first-order valence-corrected chi connectivity index (χ1v) is 7.35. The summed E-state index contributed by atoms with van der Waals surface area (Å²) < 4.78 is 14.2. The number of likely N-dealkylation sites (tertiary alicyclic amines) is 1. The van der Waals surface area contributed by atoms with E-state index in [2.05, 4.69) is 9.88 Å². The normalized spacial score (nSPS) is 18.2. The molecule has 1 N–H and O–H groups in total. The van der Waals surface area contributed by atoms with Gasteiger partial charge in [-0.3, -0.25) is 14.3 Å². The minimum absolute atomic E-state index is 0.237. The van der Waals surface area contributed by atoms with E-state index in [0.717, 1.165) is 18.5 Å². The van der Waals surface area contributed by atoms with Crippen LogP contribution in [0, 0.1) is 12.7 Å². The monoisotopic (exact) mass is 303 g/mol. The Hall–Kier alpha value is -2.21. The van der Waals surface area contributed by atoms with Gasteiger partial charge in [-0.05, 0) is 31.0 Å². The third-order valence-corrected chi connectivity index (χ3v) is 4.15. The molecule has 0 saturated carbocycles. The number of aromatic nitrogens is 2. The summed E-state index contributed by atoms with van der Waals surface area (Å²) in [5.41, 5.74) is 0.987. The van der Waals surface area contributed by atoms with E-state index in [1.165, 1.54) is 22.8 Å². The molecule has 0 bridgehead atoms. The Morgan fingerprint density at radius 2 is 1.95 bits per heavy atom. The average Bonchev–Trinajstić information content (AvgIpc) is 2.43. The van der Waals surface area contributed by atoms with E-state index < -0.39 is 0 Å². The van der Waals surface area contributed by atoms with Crippen LogP contribution in [0.25, 0.3) is 0 Å². The maximum atomic E-state index is 13.0. The number of H-pyrrole nitrogens is 1. The lowest BCUT2D eigenvalue weighted by Crippen LogP contribution is -2.45. The van der Waals surface area contributed by atoms with Gasteiger partial charge in [0.15, 0.2) is 0 Å². The fourth-order valence-electron chi connectivity index (χ4n) is 2.85. The highest BCUT2D eigenvalue weighted by molar-refractivity contribution is 5.21. The van der Waals surface area contributed by atoms with Gasteiger partial charge in [-0.1, -0.05) is 12.1 Å². The van der Waals surface area contributed by atoms with Crippen molar-refractivity contribution in [2.45, 2.75) is 25.9 Å². The quantitative estimate of drug-likeness (QED) is 0.929. The second-order valence-corrected chi connectivity index (χ2v) is 5.64. The number of aromatic amines is 1. The van der Waals surface area contributed by atoms with Crippen molar-refractivity contribution < 1.29 is 4.39 Å². The van der Waals surface area contributed by atoms with Crippen LogP contribution >= 0.6 is 0 Å². The zero-order valence-corrected chi connectivity index (χ0v) is 12.4. The first-order valence-electron chi connectivity index (χ1n) is 7.35. The highest BCUT2D eigenvalue weighted by atomic mass is 19.1. The first kappa shape index (κ1) is 14.7. The van der Waals surface area contributed by atoms with Crippen LogP contribution in [0.3, 0.4) is 0 Å². The van der Waals surface area contributed by atoms with E-state index in [0.29, 0.717) is 18.8 Å². The van der Waals surface area contributed by atoms with Crippen molar-refractivity contribution in [1.29, 1.82) is 0 Å². The molecule has 0 radical (unpaired) electrons. The number of aryl methyl sites for hydroxylation is 1. The predicted molar refractivity (Wildman–Crippen MR) is 81.4 cm³/mol. The number of hydrogen-bond acceptors (Lipinski definition) is 3. The summed E-state index contributed by atoms with van der Waals surface area (Å²) in [4.78, 5) is 28.5. The zero-order valence-electron chi connectivity index (χ0n) is 12.4. The van der Waals surface area contributed by atoms with Gasteiger partial charge in [-0.2, -0.15) is 0 Å². The number of hydrogen-bond donors (Lipinski definition) is 1. The SMILES string of the molecule is Cc1cc(=O)n(CCN2CC[C@@H]2c2ccc(F)cc2)c(=O)[nH]1. The molecule has 22 heavy (non-hydrogen) atoms. The second kappa shape index (κ2) is 5.88. The van der Waals surface area contributed by atoms with Gasteiger partial charge in [0.05, 0.1) is 0 Å². The lowest BCUT2D eigenvalue weighted by atomic mass is 9.95. The summed E-state index contributed by atoms with van der Waals surface area (Å²) in [7, 11) is 0. The molecule has 2 heterocycles. The molecule has 6 heteroatoms. The van der Waals surface area contributed by atoms with Crippen LogP contribution in [0.2, 0.25) is 0 Å². The Balaban J connectivity index is 1.69. The Morgan fingerprint density at radius 3 is 2.55 bits per heavy atom. The van der Waals surface area contributed by atoms with E-state index in [1.807, 2.05) is 0 Å². The second-order valence-electron chi connectivity index (χ2n) is 5.64. The van der Waals surface area contributed by atoms with Crippen LogP contribution in [0.4, 0.5) is 4.39 Å². The minimum atomic E-state index is -0.371. The molecule has 1 atom stereocenters. The molecule has 116 valence electrons. The highest BCUT2D eigenvalue weighted by Gasteiger charge is 2.28. The van der Waals surface area contributed by atoms with Gasteiger partial charge in [0.2, 0.25) is 0 Å². The van der Waals surface area contributed by atoms with Crippen molar-refractivity contribution in [3.8, 4) is 0 Å². The molecule has 1 saturated heterocycles. The van der Waals surface area contributed by atoms with Crippen molar-refractivity contribution >= 4 is 0 Å². The van der Waals surface area contributed by atoms with Crippen LogP contribution in [0.1, 0.15) is 23.7 Å². The van der Waals surface area contributed by atoms with E-state index in [4.69, 9.17) is 0 Å². The molecule has 3 rings (SSSR count). The largest absolute Gasteiger partial charge is 0.328 e. The van der Waals surface area contributed by atoms with Gasteiger partial charge in [0, 0.05) is 37.4 Å². The summed E-state index contributed by atoms with van der Waals surface area (Å²) in [6.07, 6.45) is 1.00. The van der Waals surface area contributed by atoms with Crippen molar-refractivity contribution in [1.82, 2.24) is 14.5 Å². The summed E-state index contributed by atoms with van der Waals surface area (Å²) in [5.74, 6) is -0.243. The summed E-state index contributed by atoms with van der Waals surface area (Å²) >= 11 is 0. The van der Waals surface area contributed by atoms with Gasteiger partial charge in [-0.15, -0.1) is 0 Å². The van der Waals surface area contributed by atoms with Gasteiger partial charge in [0.25, 0.3) is 5.56 Å². The molecule has 1 aliphatic rings. The molecular formula is C16H18FN3O2. The molecule has 1 fully saturated rings. The summed E-state index contributed by atoms with van der Waals surface area (Å²) in [5, 5.41) is 0. The fourth-order valence-corrected chi connectivity index (χ4v) is 2.85. The molecule has 1 aromatic heterocycles. The molecule has 0 spiro atoms. The third kappa shape index (κ3) is 2.87. The van der Waals surface area contributed by atoms with Crippen molar-refractivity contribution in [2.75, 3.05) is 13.1 Å². The van der Waals surface area contributed by atoms with Crippen LogP contribution in [0.5, 0.6) is 0 Å². The minimum Gasteiger partial charge on any atom is -0.311 e. The Kier molecular flexibility index (Phi) is 3.94. The Labute approximate surface area is 127 Å². The van der Waals surface area contributed by atoms with Gasteiger partial charge < -0.3 is 4.98 Å². The van der Waals surface area contributed by atoms with Crippen molar-refractivity contribution in [3.05, 3.63) is 68.2 Å². The molecule has 1 aromatic carbocycles. The van der Waals surface area contributed by atoms with Gasteiger partial charge in [0.1, 0.15) is 5.82 Å². The maximum Gasteiger partial charge on any atom is 0.328 e. The molecule has 5 nitrogen and oxygen atoms in total. The topological polar surface area (TPSA) is 58.1 Å². The number of halogens is 1. The average molecular weight is 303 g/mol. The number of nitrogens with zero attached hydrogens (tertiary/aromatic N) is 2. The van der Waals surface area contributed by atoms with Crippen molar-refractivity contribution in [3.63, 3.8) is 0 Å². The Bertz CT molecular complexity index is 748. The smallest absolute Gasteiger partial charge is 0.311 e. The van der Waals surface area contributed by atoms with Crippen LogP contribution in [-0.2, 0) is 6.54 Å². The van der Waals surface area contributed by atoms with Crippen LogP contribution < -0.4 is 11.2 Å². The molecule has 0 aliphatic carbocycles. The molecule has 2 aromatic rings. The summed E-state index contributed by atoms with van der Waals surface area (Å²) in [6, 6.07) is 8.16. The number of nitrogens with one attached hydrogen (secondary N) is 1. The van der Waals surface area contributed by atoms with Gasteiger partial charge >= 0.3 is 5.69 Å². The molecule has 0 amide bonds. The Morgan fingerprint density at radius 1 is 1.23 bits per heavy atom. The summed E-state index contributed by atoms with van der Waals surface area (Å²) in [6.45, 7) is 3.58. The maximum absolute atomic E-state index is 13.0. The molecule has 0 unspecified atom stereocenters. The first-order chi connectivity index (χ1) is 10.5. The molecular weight excluding hydrogens is 285 g/mol. The van der Waals surface area contributed by atoms with E-state index in [1.54, 1.807) is 19.1 Å². The van der Waals surface area contributed by atoms with Crippen LogP contribution in [-0.4, -0.2) is 27.5 Å². The van der Waals surface area contributed by atoms with Crippen LogP contribution in [0.15, 0.2) is 39.9 Å². The van der Waals surface area contributed by atoms with E-state index >= 15 is 0 Å². The lowest BCUT2D eigenvalue weighted by Gasteiger charge is -2.41. The third-order valence-electron chi connectivity index (χ3n) is 4.15. The fraction of sp³-hybridized carbons (Fsp3) is 0.375. The highest BCUT2D eigenvalue weighted by Crippen LogP contribution is 2.32. The zero-order chi connectivity index (χ0) is 15.7. The number of benzene rings is 1. The van der Waals surface area contributed by atoms with Gasteiger partial charge in [-0.25, -0.2) is 9.18 Å². The van der Waals surface area contributed by atoms with E-state index in [-0.39, 0.29) is 23.1 Å². The van der Waals surface area contributed by atoms with E-state index in [9.17, 15) is 14.0 Å². The standard InChI is InChI=1S/C16H18FN3O2/c1-11-10-15(21)20(16(22)18-11)9-8-19-7-6-14(19)12-2-4-13(17)5-3-12/h2-5,10,14H,6-9H2,1H3,(H,18,22)/t14-/m1/s1. The molecule has 1 aliphatic heterocycles. The lowest BCUT2D eigenvalue weighted by molar-refractivity contribution is 0.0854. The predicted octanol–water partition coefficient (Wildman–Crippen LogP) is 1.43.